The predicted octanol–water partition coefficient (Wildman–Crippen LogP) is 4.41. The molecule has 0 atom stereocenters. The van der Waals surface area contributed by atoms with E-state index in [-0.39, 0.29) is 0 Å². The van der Waals surface area contributed by atoms with Crippen molar-refractivity contribution >= 4 is 0 Å². The Morgan fingerprint density at radius 2 is 1.73 bits per heavy atom. The van der Waals surface area contributed by atoms with E-state index in [9.17, 15) is 0 Å². The third-order valence-corrected chi connectivity index (χ3v) is 3.76. The van der Waals surface area contributed by atoms with E-state index in [2.05, 4.69) is 20.8 Å². The van der Waals surface area contributed by atoms with Crippen LogP contribution in [0.4, 0.5) is 0 Å². The van der Waals surface area contributed by atoms with Crippen molar-refractivity contribution in [2.75, 3.05) is 6.61 Å². The van der Waals surface area contributed by atoms with Gasteiger partial charge in [-0.15, -0.1) is 0 Å². The van der Waals surface area contributed by atoms with E-state index < -0.39 is 0 Å². The van der Waals surface area contributed by atoms with E-state index in [1.165, 1.54) is 44.9 Å². The molecule has 0 aromatic carbocycles. The first-order valence-electron chi connectivity index (χ1n) is 6.85. The molecule has 15 heavy (non-hydrogen) atoms. The molecule has 0 heterocycles. The van der Waals surface area contributed by atoms with Crippen LogP contribution in [0, 0.1) is 11.8 Å². The zero-order chi connectivity index (χ0) is 11.1. The van der Waals surface area contributed by atoms with Gasteiger partial charge in [0.25, 0.3) is 0 Å². The van der Waals surface area contributed by atoms with Crippen LogP contribution in [0.3, 0.4) is 0 Å². The lowest BCUT2D eigenvalue weighted by Crippen LogP contribution is -2.24. The van der Waals surface area contributed by atoms with Crippen LogP contribution in [0.2, 0.25) is 0 Å². The van der Waals surface area contributed by atoms with E-state index in [0.29, 0.717) is 6.10 Å². The summed E-state index contributed by atoms with van der Waals surface area (Å²) in [5.74, 6) is 1.83. The fourth-order valence-electron chi connectivity index (χ4n) is 2.52. The Hall–Kier alpha value is -0.0400. The second-order valence-corrected chi connectivity index (χ2v) is 5.36. The van der Waals surface area contributed by atoms with Gasteiger partial charge in [-0.3, -0.25) is 0 Å². The minimum Gasteiger partial charge on any atom is -0.378 e. The molecule has 1 saturated carbocycles. The standard InChI is InChI=1S/C14H28O/c1-4-5-6-11-15-14-9-7-13(8-10-14)12(2)3/h12-14H,4-11H2,1-3H3. The first-order valence-corrected chi connectivity index (χ1v) is 6.85. The monoisotopic (exact) mass is 212 g/mol. The smallest absolute Gasteiger partial charge is 0.0575 e. The van der Waals surface area contributed by atoms with Crippen LogP contribution in [0.25, 0.3) is 0 Å². The first kappa shape index (κ1) is 13.0. The Bertz CT molecular complexity index is 145. The average Bonchev–Trinajstić information content (AvgIpc) is 2.25. The number of rotatable bonds is 6. The van der Waals surface area contributed by atoms with Crippen LogP contribution in [0.5, 0.6) is 0 Å². The van der Waals surface area contributed by atoms with Crippen LogP contribution in [-0.2, 0) is 4.74 Å². The van der Waals surface area contributed by atoms with E-state index >= 15 is 0 Å². The summed E-state index contributed by atoms with van der Waals surface area (Å²) in [6.45, 7) is 7.94. The van der Waals surface area contributed by atoms with Crippen molar-refractivity contribution < 1.29 is 4.74 Å². The van der Waals surface area contributed by atoms with E-state index in [1.807, 2.05) is 0 Å². The lowest BCUT2D eigenvalue weighted by atomic mass is 9.80. The maximum Gasteiger partial charge on any atom is 0.0575 e. The summed E-state index contributed by atoms with van der Waals surface area (Å²) in [5.41, 5.74) is 0. The average molecular weight is 212 g/mol. The molecule has 0 saturated heterocycles. The Morgan fingerprint density at radius 3 is 2.27 bits per heavy atom. The van der Waals surface area contributed by atoms with Crippen LogP contribution in [0.15, 0.2) is 0 Å². The highest BCUT2D eigenvalue weighted by atomic mass is 16.5. The summed E-state index contributed by atoms with van der Waals surface area (Å²) in [6, 6.07) is 0. The van der Waals surface area contributed by atoms with Crippen molar-refractivity contribution in [3.8, 4) is 0 Å². The fourth-order valence-corrected chi connectivity index (χ4v) is 2.52. The molecule has 0 spiro atoms. The van der Waals surface area contributed by atoms with Gasteiger partial charge in [0.05, 0.1) is 6.10 Å². The second kappa shape index (κ2) is 7.27. The Morgan fingerprint density at radius 1 is 1.07 bits per heavy atom. The van der Waals surface area contributed by atoms with Gasteiger partial charge in [0.1, 0.15) is 0 Å². The second-order valence-electron chi connectivity index (χ2n) is 5.36. The SMILES string of the molecule is CCCCCOC1CCC(C(C)C)CC1. The molecule has 0 aromatic heterocycles. The van der Waals surface area contributed by atoms with Gasteiger partial charge in [-0.2, -0.15) is 0 Å². The highest BCUT2D eigenvalue weighted by molar-refractivity contribution is 4.74. The van der Waals surface area contributed by atoms with Gasteiger partial charge in [-0.1, -0.05) is 33.6 Å². The third kappa shape index (κ3) is 5.01. The molecule has 90 valence electrons. The molecule has 1 rings (SSSR count). The highest BCUT2D eigenvalue weighted by Gasteiger charge is 2.23. The van der Waals surface area contributed by atoms with E-state index in [1.54, 1.807) is 0 Å². The van der Waals surface area contributed by atoms with E-state index in [0.717, 1.165) is 18.4 Å². The van der Waals surface area contributed by atoms with Crippen molar-refractivity contribution in [3.63, 3.8) is 0 Å². The number of hydrogen-bond acceptors (Lipinski definition) is 1. The molecule has 0 aromatic rings. The molecular formula is C14H28O. The van der Waals surface area contributed by atoms with Gasteiger partial charge in [-0.25, -0.2) is 0 Å². The van der Waals surface area contributed by atoms with Gasteiger partial charge in [0.15, 0.2) is 0 Å². The van der Waals surface area contributed by atoms with Crippen molar-refractivity contribution in [3.05, 3.63) is 0 Å². The molecule has 0 bridgehead atoms. The van der Waals surface area contributed by atoms with Crippen molar-refractivity contribution in [2.24, 2.45) is 11.8 Å². The first-order chi connectivity index (χ1) is 7.24. The quantitative estimate of drug-likeness (QED) is 0.593. The van der Waals surface area contributed by atoms with Crippen LogP contribution in [-0.4, -0.2) is 12.7 Å². The molecule has 0 radical (unpaired) electrons. The van der Waals surface area contributed by atoms with E-state index in [4.69, 9.17) is 4.74 Å². The molecule has 0 N–H and O–H groups in total. The lowest BCUT2D eigenvalue weighted by Gasteiger charge is -2.30. The van der Waals surface area contributed by atoms with Gasteiger partial charge in [0.2, 0.25) is 0 Å². The summed E-state index contributed by atoms with van der Waals surface area (Å²) >= 11 is 0. The zero-order valence-electron chi connectivity index (χ0n) is 10.8. The van der Waals surface area contributed by atoms with Gasteiger partial charge in [-0.05, 0) is 43.9 Å². The molecule has 1 fully saturated rings. The zero-order valence-corrected chi connectivity index (χ0v) is 10.8. The summed E-state index contributed by atoms with van der Waals surface area (Å²) in [7, 11) is 0. The minimum absolute atomic E-state index is 0.580. The Balaban J connectivity index is 2.04. The molecule has 1 heteroatoms. The van der Waals surface area contributed by atoms with Gasteiger partial charge < -0.3 is 4.74 Å². The predicted molar refractivity (Wildman–Crippen MR) is 66.1 cm³/mol. The van der Waals surface area contributed by atoms with Gasteiger partial charge >= 0.3 is 0 Å². The summed E-state index contributed by atoms with van der Waals surface area (Å²) in [6.07, 6.45) is 9.82. The maximum absolute atomic E-state index is 5.91. The summed E-state index contributed by atoms with van der Waals surface area (Å²) in [4.78, 5) is 0. The topological polar surface area (TPSA) is 9.23 Å². The normalized spacial score (nSPS) is 27.2. The van der Waals surface area contributed by atoms with Crippen LogP contribution in [0.1, 0.15) is 65.7 Å². The van der Waals surface area contributed by atoms with Crippen molar-refractivity contribution in [2.45, 2.75) is 71.8 Å². The third-order valence-electron chi connectivity index (χ3n) is 3.76. The molecule has 0 amide bonds. The fraction of sp³-hybridized carbons (Fsp3) is 1.00. The molecular weight excluding hydrogens is 184 g/mol. The highest BCUT2D eigenvalue weighted by Crippen LogP contribution is 2.31. The van der Waals surface area contributed by atoms with Crippen LogP contribution >= 0.6 is 0 Å². The number of hydrogen-bond donors (Lipinski definition) is 0. The van der Waals surface area contributed by atoms with Gasteiger partial charge in [0, 0.05) is 6.61 Å². The molecule has 1 aliphatic carbocycles. The lowest BCUT2D eigenvalue weighted by molar-refractivity contribution is 0.0114. The maximum atomic E-state index is 5.91. The Labute approximate surface area is 95.6 Å². The summed E-state index contributed by atoms with van der Waals surface area (Å²) in [5, 5.41) is 0. The Kier molecular flexibility index (Phi) is 6.31. The minimum atomic E-state index is 0.580. The van der Waals surface area contributed by atoms with Crippen molar-refractivity contribution in [1.29, 1.82) is 0 Å². The molecule has 1 nitrogen and oxygen atoms in total. The molecule has 0 unspecified atom stereocenters. The summed E-state index contributed by atoms with van der Waals surface area (Å²) < 4.78 is 5.91. The number of ether oxygens (including phenoxy) is 1. The molecule has 1 aliphatic rings. The van der Waals surface area contributed by atoms with Crippen LogP contribution < -0.4 is 0 Å². The largest absolute Gasteiger partial charge is 0.378 e. The number of unbranched alkanes of at least 4 members (excludes halogenated alkanes) is 2. The van der Waals surface area contributed by atoms with Crippen molar-refractivity contribution in [1.82, 2.24) is 0 Å². The molecule has 0 aliphatic heterocycles.